The lowest BCUT2D eigenvalue weighted by Gasteiger charge is -2.18. The van der Waals surface area contributed by atoms with Gasteiger partial charge in [-0.2, -0.15) is 0 Å². The number of Topliss-reactive ketones (excluding diaryl/α,β-unsaturated/α-hetero) is 1. The van der Waals surface area contributed by atoms with E-state index in [1.807, 2.05) is 0 Å². The fraction of sp³-hybridized carbons (Fsp3) is 0.412. The fourth-order valence-electron chi connectivity index (χ4n) is 2.62. The van der Waals surface area contributed by atoms with Crippen LogP contribution in [0.25, 0.3) is 0 Å². The number of benzene rings is 1. The summed E-state index contributed by atoms with van der Waals surface area (Å²) in [5, 5.41) is 0. The average molecular weight is 411 g/mol. The fourth-order valence-corrected chi connectivity index (χ4v) is 2.89. The van der Waals surface area contributed by atoms with Gasteiger partial charge in [-0.3, -0.25) is 19.3 Å². The molecular weight excluding hydrogens is 392 g/mol. The molecule has 0 radical (unpaired) electrons. The topological polar surface area (TPSA) is 84.0 Å². The van der Waals surface area contributed by atoms with Crippen LogP contribution >= 0.6 is 15.9 Å². The maximum atomic E-state index is 12.2. The van der Waals surface area contributed by atoms with E-state index in [1.54, 1.807) is 38.1 Å². The lowest BCUT2D eigenvalue weighted by atomic mass is 10.1. The highest BCUT2D eigenvalue weighted by Gasteiger charge is 2.44. The number of halogens is 1. The SMILES string of the molecule is CCN1C(=O)[C@@H](CC(=O)OCC(=O)c2ccc(Br)cc2)N(CC)C1=O. The van der Waals surface area contributed by atoms with Crippen LogP contribution in [0.2, 0.25) is 0 Å². The molecule has 1 atom stereocenters. The highest BCUT2D eigenvalue weighted by molar-refractivity contribution is 9.10. The number of ketones is 1. The van der Waals surface area contributed by atoms with Crippen LogP contribution in [0.4, 0.5) is 4.79 Å². The second kappa shape index (κ2) is 8.24. The summed E-state index contributed by atoms with van der Waals surface area (Å²) >= 11 is 3.27. The van der Waals surface area contributed by atoms with E-state index >= 15 is 0 Å². The van der Waals surface area contributed by atoms with Crippen molar-refractivity contribution in [3.63, 3.8) is 0 Å². The first-order chi connectivity index (χ1) is 11.9. The minimum Gasteiger partial charge on any atom is -0.457 e. The number of esters is 1. The molecule has 0 aliphatic carbocycles. The Morgan fingerprint density at radius 2 is 1.76 bits per heavy atom. The van der Waals surface area contributed by atoms with Crippen LogP contribution in [0.15, 0.2) is 28.7 Å². The molecule has 1 saturated heterocycles. The Kier molecular flexibility index (Phi) is 6.30. The van der Waals surface area contributed by atoms with Gasteiger partial charge in [-0.25, -0.2) is 4.79 Å². The molecule has 1 aliphatic heterocycles. The highest BCUT2D eigenvalue weighted by atomic mass is 79.9. The van der Waals surface area contributed by atoms with Crippen LogP contribution in [0, 0.1) is 0 Å². The van der Waals surface area contributed by atoms with Crippen molar-refractivity contribution in [3.05, 3.63) is 34.3 Å². The van der Waals surface area contributed by atoms with Gasteiger partial charge >= 0.3 is 12.0 Å². The van der Waals surface area contributed by atoms with E-state index < -0.39 is 30.6 Å². The average Bonchev–Trinajstić information content (AvgIpc) is 2.82. The molecule has 0 bridgehead atoms. The van der Waals surface area contributed by atoms with Crippen LogP contribution in [0.3, 0.4) is 0 Å². The zero-order valence-corrected chi connectivity index (χ0v) is 15.6. The molecule has 134 valence electrons. The van der Waals surface area contributed by atoms with Crippen LogP contribution in [0.1, 0.15) is 30.6 Å². The zero-order chi connectivity index (χ0) is 18.6. The molecule has 0 unspecified atom stereocenters. The molecule has 8 heteroatoms. The molecular formula is C17H19BrN2O5. The summed E-state index contributed by atoms with van der Waals surface area (Å²) in [6, 6.07) is 5.41. The van der Waals surface area contributed by atoms with Gasteiger partial charge in [0.15, 0.2) is 12.4 Å². The van der Waals surface area contributed by atoms with Gasteiger partial charge in [-0.1, -0.05) is 28.1 Å². The maximum Gasteiger partial charge on any atom is 0.327 e. The first-order valence-corrected chi connectivity index (χ1v) is 8.74. The van der Waals surface area contributed by atoms with Crippen LogP contribution < -0.4 is 0 Å². The third kappa shape index (κ3) is 4.25. The standard InChI is InChI=1S/C17H19BrN2O5/c1-3-19-13(16(23)20(4-2)17(19)24)9-15(22)25-10-14(21)11-5-7-12(18)8-6-11/h5-8,13H,3-4,9-10H2,1-2H3/t13-/m1/s1. The minimum atomic E-state index is -0.868. The molecule has 1 aromatic carbocycles. The summed E-state index contributed by atoms with van der Waals surface area (Å²) in [6.45, 7) is 3.60. The molecule has 1 fully saturated rings. The van der Waals surface area contributed by atoms with Crippen molar-refractivity contribution < 1.29 is 23.9 Å². The van der Waals surface area contributed by atoms with Gasteiger partial charge in [0.1, 0.15) is 6.04 Å². The van der Waals surface area contributed by atoms with E-state index in [4.69, 9.17) is 4.74 Å². The zero-order valence-electron chi connectivity index (χ0n) is 14.0. The molecule has 0 spiro atoms. The molecule has 1 heterocycles. The first-order valence-electron chi connectivity index (χ1n) is 7.95. The number of amides is 3. The van der Waals surface area contributed by atoms with Crippen molar-refractivity contribution in [2.75, 3.05) is 19.7 Å². The highest BCUT2D eigenvalue weighted by Crippen LogP contribution is 2.20. The minimum absolute atomic E-state index is 0.252. The molecule has 0 aromatic heterocycles. The van der Waals surface area contributed by atoms with Gasteiger partial charge in [0.25, 0.3) is 5.91 Å². The smallest absolute Gasteiger partial charge is 0.327 e. The van der Waals surface area contributed by atoms with Gasteiger partial charge in [0, 0.05) is 23.1 Å². The second-order valence-corrected chi connectivity index (χ2v) is 6.38. The van der Waals surface area contributed by atoms with Crippen molar-refractivity contribution in [2.45, 2.75) is 26.3 Å². The van der Waals surface area contributed by atoms with Crippen molar-refractivity contribution in [3.8, 4) is 0 Å². The number of imide groups is 1. The van der Waals surface area contributed by atoms with Gasteiger partial charge in [-0.15, -0.1) is 0 Å². The number of urea groups is 1. The quantitative estimate of drug-likeness (QED) is 0.391. The number of ether oxygens (including phenoxy) is 1. The van der Waals surface area contributed by atoms with Crippen LogP contribution in [-0.2, 0) is 14.3 Å². The Hall–Kier alpha value is -2.22. The van der Waals surface area contributed by atoms with E-state index in [0.717, 1.165) is 9.37 Å². The largest absolute Gasteiger partial charge is 0.457 e. The Bertz CT molecular complexity index is 689. The van der Waals surface area contributed by atoms with E-state index in [9.17, 15) is 19.2 Å². The van der Waals surface area contributed by atoms with Crippen LogP contribution in [0.5, 0.6) is 0 Å². The third-order valence-electron chi connectivity index (χ3n) is 3.95. The Morgan fingerprint density at radius 1 is 1.12 bits per heavy atom. The van der Waals surface area contributed by atoms with Gasteiger partial charge in [-0.05, 0) is 26.0 Å². The molecule has 0 N–H and O–H groups in total. The number of nitrogens with zero attached hydrogens (tertiary/aromatic N) is 2. The Morgan fingerprint density at radius 3 is 2.32 bits per heavy atom. The van der Waals surface area contributed by atoms with Crippen molar-refractivity contribution in [2.24, 2.45) is 0 Å². The van der Waals surface area contributed by atoms with E-state index in [-0.39, 0.29) is 18.7 Å². The van der Waals surface area contributed by atoms with E-state index in [0.29, 0.717) is 12.1 Å². The monoisotopic (exact) mass is 410 g/mol. The van der Waals surface area contributed by atoms with Gasteiger partial charge < -0.3 is 9.64 Å². The van der Waals surface area contributed by atoms with E-state index in [1.165, 1.54) is 4.90 Å². The summed E-state index contributed by atoms with van der Waals surface area (Å²) in [5.74, 6) is -1.43. The lowest BCUT2D eigenvalue weighted by Crippen LogP contribution is -2.37. The Labute approximate surface area is 154 Å². The number of likely N-dealkylation sites (N-methyl/N-ethyl adjacent to an activating group) is 2. The lowest BCUT2D eigenvalue weighted by molar-refractivity contribution is -0.145. The summed E-state index contributed by atoms with van der Waals surface area (Å²) in [6.07, 6.45) is -0.261. The number of carbonyl (C=O) groups excluding carboxylic acids is 4. The van der Waals surface area contributed by atoms with Crippen LogP contribution in [-0.4, -0.2) is 59.2 Å². The van der Waals surface area contributed by atoms with Crippen molar-refractivity contribution >= 4 is 39.6 Å². The maximum absolute atomic E-state index is 12.2. The summed E-state index contributed by atoms with van der Waals surface area (Å²) in [5.41, 5.74) is 0.426. The molecule has 1 aliphatic rings. The predicted molar refractivity (Wildman–Crippen MR) is 93.0 cm³/mol. The van der Waals surface area contributed by atoms with Crippen molar-refractivity contribution in [1.82, 2.24) is 9.80 Å². The third-order valence-corrected chi connectivity index (χ3v) is 4.48. The summed E-state index contributed by atoms with van der Waals surface area (Å²) in [4.78, 5) is 50.7. The summed E-state index contributed by atoms with van der Waals surface area (Å²) in [7, 11) is 0. The van der Waals surface area contributed by atoms with Gasteiger partial charge in [0.2, 0.25) is 0 Å². The first kappa shape index (κ1) is 19.1. The number of rotatable bonds is 7. The molecule has 2 rings (SSSR count). The predicted octanol–water partition coefficient (Wildman–Crippen LogP) is 2.24. The Balaban J connectivity index is 1.93. The van der Waals surface area contributed by atoms with E-state index in [2.05, 4.69) is 15.9 Å². The second-order valence-electron chi connectivity index (χ2n) is 5.46. The number of carbonyl (C=O) groups is 4. The summed E-state index contributed by atoms with van der Waals surface area (Å²) < 4.78 is 5.83. The molecule has 0 saturated carbocycles. The molecule has 1 aromatic rings. The molecule has 3 amide bonds. The molecule has 7 nitrogen and oxygen atoms in total. The number of hydrogen-bond acceptors (Lipinski definition) is 5. The molecule has 25 heavy (non-hydrogen) atoms. The van der Waals surface area contributed by atoms with Crippen molar-refractivity contribution in [1.29, 1.82) is 0 Å². The van der Waals surface area contributed by atoms with Gasteiger partial charge in [0.05, 0.1) is 6.42 Å². The number of hydrogen-bond donors (Lipinski definition) is 0. The normalized spacial score (nSPS) is 17.2.